The molecule has 5 heteroatoms. The van der Waals surface area contributed by atoms with Crippen molar-refractivity contribution in [3.05, 3.63) is 0 Å². The molecule has 1 aliphatic heterocycles. The maximum absolute atomic E-state index is 10.9. The molecule has 0 atom stereocenters. The first-order valence-corrected chi connectivity index (χ1v) is 4.10. The van der Waals surface area contributed by atoms with Crippen LogP contribution in [0.2, 0.25) is 0 Å². The Balaban J connectivity index is 2.71. The molecule has 0 aromatic heterocycles. The van der Waals surface area contributed by atoms with Gasteiger partial charge in [-0.3, -0.25) is 19.9 Å². The number of amides is 1. The molecule has 1 saturated heterocycles. The smallest absolute Gasteiger partial charge is 0.284 e. The lowest BCUT2D eigenvalue weighted by Crippen LogP contribution is -2.30. The second-order valence-corrected chi connectivity index (χ2v) is 3.11. The van der Waals surface area contributed by atoms with Crippen LogP contribution in [0.4, 0.5) is 0 Å². The summed E-state index contributed by atoms with van der Waals surface area (Å²) < 4.78 is 0. The molecule has 0 aromatic carbocycles. The van der Waals surface area contributed by atoms with Crippen LogP contribution in [0.3, 0.4) is 0 Å². The van der Waals surface area contributed by atoms with Crippen molar-refractivity contribution in [2.75, 3.05) is 6.54 Å². The molecule has 1 amide bonds. The molecule has 1 fully saturated rings. The molecule has 1 rings (SSSR count). The fraction of sp³-hybridized carbons (Fsp3) is 0.500. The van der Waals surface area contributed by atoms with Crippen molar-refractivity contribution in [2.24, 2.45) is 0 Å². The first-order chi connectivity index (χ1) is 5.16. The molecule has 0 unspecified atom stereocenters. The Bertz CT molecular complexity index is 227. The van der Waals surface area contributed by atoms with Crippen LogP contribution in [0.1, 0.15) is 13.3 Å². The number of thioether (sulfide) groups is 1. The number of hydrogen-bond donors (Lipinski definition) is 1. The number of carbonyl (C=O) groups excluding carboxylic acids is 2. The van der Waals surface area contributed by atoms with E-state index in [2.05, 4.69) is 0 Å². The van der Waals surface area contributed by atoms with Gasteiger partial charge in [0.2, 0.25) is 0 Å². The number of hydrogen-bond acceptors (Lipinski definition) is 4. The van der Waals surface area contributed by atoms with E-state index in [1.165, 1.54) is 4.90 Å². The highest BCUT2D eigenvalue weighted by atomic mass is 32.2. The molecule has 1 heterocycles. The summed E-state index contributed by atoms with van der Waals surface area (Å²) in [6.45, 7) is 2.37. The van der Waals surface area contributed by atoms with Crippen molar-refractivity contribution >= 4 is 28.0 Å². The van der Waals surface area contributed by atoms with Crippen LogP contribution in [0, 0.1) is 5.41 Å². The predicted octanol–water partition coefficient (Wildman–Crippen LogP) is 0.433. The Hall–Kier alpha value is -0.840. The minimum absolute atomic E-state index is 0.0573. The van der Waals surface area contributed by atoms with E-state index in [-0.39, 0.29) is 5.17 Å². The van der Waals surface area contributed by atoms with E-state index < -0.39 is 11.0 Å². The first kappa shape index (κ1) is 8.26. The average Bonchev–Trinajstić information content (AvgIpc) is 2.17. The SMILES string of the molecule is CCCN1C(=N)SC(=O)C1=O. The molecule has 4 nitrogen and oxygen atoms in total. The van der Waals surface area contributed by atoms with Crippen molar-refractivity contribution in [1.82, 2.24) is 4.90 Å². The monoisotopic (exact) mass is 172 g/mol. The van der Waals surface area contributed by atoms with Crippen LogP contribution in [0.15, 0.2) is 0 Å². The van der Waals surface area contributed by atoms with Gasteiger partial charge in [0.15, 0.2) is 5.17 Å². The highest BCUT2D eigenvalue weighted by molar-refractivity contribution is 8.28. The normalized spacial score (nSPS) is 18.3. The topological polar surface area (TPSA) is 61.2 Å². The lowest BCUT2D eigenvalue weighted by atomic mass is 10.4. The molecule has 0 spiro atoms. The molecule has 0 aliphatic carbocycles. The standard InChI is InChI=1S/C6H8N2O2S/c1-2-3-8-4(9)5(10)11-6(8)7/h7H,2-3H2,1H3. The zero-order chi connectivity index (χ0) is 8.43. The molecule has 1 aliphatic rings. The Morgan fingerprint density at radius 3 is 2.55 bits per heavy atom. The molecular weight excluding hydrogens is 164 g/mol. The third kappa shape index (κ3) is 1.42. The quantitative estimate of drug-likeness (QED) is 0.614. The molecule has 1 N–H and O–H groups in total. The van der Waals surface area contributed by atoms with E-state index in [1.54, 1.807) is 0 Å². The molecule has 60 valence electrons. The lowest BCUT2D eigenvalue weighted by Gasteiger charge is -2.10. The van der Waals surface area contributed by atoms with E-state index in [4.69, 9.17) is 5.41 Å². The van der Waals surface area contributed by atoms with Gasteiger partial charge in [-0.25, -0.2) is 0 Å². The van der Waals surface area contributed by atoms with Gasteiger partial charge in [-0.05, 0) is 18.2 Å². The Morgan fingerprint density at radius 1 is 1.55 bits per heavy atom. The molecule has 11 heavy (non-hydrogen) atoms. The van der Waals surface area contributed by atoms with Gasteiger partial charge < -0.3 is 0 Å². The fourth-order valence-corrected chi connectivity index (χ4v) is 1.47. The van der Waals surface area contributed by atoms with Gasteiger partial charge in [-0.2, -0.15) is 0 Å². The highest BCUT2D eigenvalue weighted by Crippen LogP contribution is 2.19. The summed E-state index contributed by atoms with van der Waals surface area (Å²) in [7, 11) is 0. The maximum Gasteiger partial charge on any atom is 0.307 e. The first-order valence-electron chi connectivity index (χ1n) is 3.29. The van der Waals surface area contributed by atoms with E-state index in [1.807, 2.05) is 6.92 Å². The van der Waals surface area contributed by atoms with Crippen molar-refractivity contribution in [3.63, 3.8) is 0 Å². The average molecular weight is 172 g/mol. The molecule has 0 aromatic rings. The van der Waals surface area contributed by atoms with Crippen molar-refractivity contribution < 1.29 is 9.59 Å². The highest BCUT2D eigenvalue weighted by Gasteiger charge is 2.34. The third-order valence-corrected chi connectivity index (χ3v) is 2.08. The van der Waals surface area contributed by atoms with Crippen molar-refractivity contribution in [1.29, 1.82) is 5.41 Å². The van der Waals surface area contributed by atoms with Gasteiger partial charge in [0.1, 0.15) is 0 Å². The van der Waals surface area contributed by atoms with E-state index in [0.717, 1.165) is 6.42 Å². The largest absolute Gasteiger partial charge is 0.307 e. The summed E-state index contributed by atoms with van der Waals surface area (Å²) in [5.41, 5.74) is 0. The summed E-state index contributed by atoms with van der Waals surface area (Å²) in [6.07, 6.45) is 0.766. The molecule has 0 radical (unpaired) electrons. The predicted molar refractivity (Wildman–Crippen MR) is 42.3 cm³/mol. The van der Waals surface area contributed by atoms with Crippen LogP contribution in [0.5, 0.6) is 0 Å². The number of nitrogens with zero attached hydrogens (tertiary/aromatic N) is 1. The van der Waals surface area contributed by atoms with Crippen LogP contribution in [0.25, 0.3) is 0 Å². The number of carbonyl (C=O) groups is 2. The van der Waals surface area contributed by atoms with Gasteiger partial charge >= 0.3 is 5.91 Å². The number of nitrogens with one attached hydrogen (secondary N) is 1. The summed E-state index contributed by atoms with van der Waals surface area (Å²) in [5.74, 6) is -0.554. The summed E-state index contributed by atoms with van der Waals surface area (Å²) in [5, 5.41) is 6.74. The fourth-order valence-electron chi connectivity index (χ4n) is 0.816. The van der Waals surface area contributed by atoms with Gasteiger partial charge in [0.25, 0.3) is 5.12 Å². The second kappa shape index (κ2) is 3.04. The minimum Gasteiger partial charge on any atom is -0.284 e. The van der Waals surface area contributed by atoms with E-state index >= 15 is 0 Å². The van der Waals surface area contributed by atoms with Crippen LogP contribution < -0.4 is 0 Å². The minimum atomic E-state index is -0.554. The van der Waals surface area contributed by atoms with Crippen LogP contribution >= 0.6 is 11.8 Å². The Morgan fingerprint density at radius 2 is 2.18 bits per heavy atom. The van der Waals surface area contributed by atoms with Crippen molar-refractivity contribution in [3.8, 4) is 0 Å². The zero-order valence-corrected chi connectivity index (χ0v) is 6.90. The van der Waals surface area contributed by atoms with Gasteiger partial charge in [-0.1, -0.05) is 6.92 Å². The van der Waals surface area contributed by atoms with Gasteiger partial charge in [0, 0.05) is 6.54 Å². The van der Waals surface area contributed by atoms with E-state index in [0.29, 0.717) is 18.3 Å². The Labute approximate surface area is 68.4 Å². The summed E-state index contributed by atoms with van der Waals surface area (Å²) in [6, 6.07) is 0. The van der Waals surface area contributed by atoms with Gasteiger partial charge in [0.05, 0.1) is 0 Å². The maximum atomic E-state index is 10.9. The molecular formula is C6H8N2O2S. The van der Waals surface area contributed by atoms with Crippen molar-refractivity contribution in [2.45, 2.75) is 13.3 Å². The zero-order valence-electron chi connectivity index (χ0n) is 6.09. The number of rotatable bonds is 2. The Kier molecular flexibility index (Phi) is 2.28. The van der Waals surface area contributed by atoms with E-state index in [9.17, 15) is 9.59 Å². The van der Waals surface area contributed by atoms with Crippen LogP contribution in [-0.2, 0) is 9.59 Å². The number of amidine groups is 1. The van der Waals surface area contributed by atoms with Gasteiger partial charge in [-0.15, -0.1) is 0 Å². The second-order valence-electron chi connectivity index (χ2n) is 2.15. The third-order valence-electron chi connectivity index (χ3n) is 1.30. The molecule has 0 saturated carbocycles. The molecule has 0 bridgehead atoms. The summed E-state index contributed by atoms with van der Waals surface area (Å²) >= 11 is 0.697. The summed E-state index contributed by atoms with van der Waals surface area (Å²) in [4.78, 5) is 22.8. The lowest BCUT2D eigenvalue weighted by molar-refractivity contribution is -0.136. The van der Waals surface area contributed by atoms with Crippen LogP contribution in [-0.4, -0.2) is 27.6 Å².